The van der Waals surface area contributed by atoms with E-state index in [0.717, 1.165) is 5.69 Å². The van der Waals surface area contributed by atoms with Crippen molar-refractivity contribution in [3.05, 3.63) is 23.0 Å². The van der Waals surface area contributed by atoms with Crippen LogP contribution in [0.15, 0.2) is 10.6 Å². The van der Waals surface area contributed by atoms with Gasteiger partial charge in [0.05, 0.1) is 16.6 Å². The maximum atomic E-state index is 12.0. The molecule has 84 valence electrons. The van der Waals surface area contributed by atoms with E-state index in [-0.39, 0.29) is 5.91 Å². The second-order valence-electron chi connectivity index (χ2n) is 3.96. The number of carbonyl (C=O) groups excluding carboxylic acids is 1. The Morgan fingerprint density at radius 1 is 1.38 bits per heavy atom. The molecule has 0 N–H and O–H groups in total. The number of carbonyl (C=O) groups is 1. The lowest BCUT2D eigenvalue weighted by Gasteiger charge is -2.11. The standard InChI is InChI=1S/C11H13N3O2/c1-6-5-8(11(15)14(3)4)9-7(2)13-16-10(9)12-6/h5H,1-4H3. The summed E-state index contributed by atoms with van der Waals surface area (Å²) in [4.78, 5) is 17.7. The molecular formula is C11H13N3O2. The molecule has 2 aromatic rings. The minimum Gasteiger partial charge on any atom is -0.345 e. The first-order valence-corrected chi connectivity index (χ1v) is 4.96. The third kappa shape index (κ3) is 1.54. The molecule has 0 fully saturated rings. The molecule has 2 aromatic heterocycles. The third-order valence-corrected chi connectivity index (χ3v) is 2.38. The summed E-state index contributed by atoms with van der Waals surface area (Å²) in [5.74, 6) is -0.0678. The summed E-state index contributed by atoms with van der Waals surface area (Å²) in [7, 11) is 3.43. The number of aromatic nitrogens is 2. The van der Waals surface area contributed by atoms with Gasteiger partial charge < -0.3 is 9.42 Å². The molecule has 0 radical (unpaired) electrons. The predicted molar refractivity (Wildman–Crippen MR) is 59.3 cm³/mol. The van der Waals surface area contributed by atoms with Crippen LogP contribution in [0.2, 0.25) is 0 Å². The first-order chi connectivity index (χ1) is 7.50. The number of amides is 1. The van der Waals surface area contributed by atoms with Gasteiger partial charge in [-0.2, -0.15) is 0 Å². The van der Waals surface area contributed by atoms with Crippen molar-refractivity contribution < 1.29 is 9.32 Å². The van der Waals surface area contributed by atoms with Crippen LogP contribution in [-0.4, -0.2) is 35.0 Å². The van der Waals surface area contributed by atoms with Crippen LogP contribution in [0.4, 0.5) is 0 Å². The average molecular weight is 219 g/mol. The summed E-state index contributed by atoms with van der Waals surface area (Å²) in [6, 6.07) is 1.76. The van der Waals surface area contributed by atoms with E-state index in [2.05, 4.69) is 10.1 Å². The van der Waals surface area contributed by atoms with Gasteiger partial charge >= 0.3 is 0 Å². The van der Waals surface area contributed by atoms with Gasteiger partial charge in [0.15, 0.2) is 0 Å². The van der Waals surface area contributed by atoms with Gasteiger partial charge in [-0.25, -0.2) is 4.98 Å². The number of hydrogen-bond acceptors (Lipinski definition) is 4. The predicted octanol–water partition coefficient (Wildman–Crippen LogP) is 1.54. The highest BCUT2D eigenvalue weighted by atomic mass is 16.5. The van der Waals surface area contributed by atoms with Gasteiger partial charge in [-0.3, -0.25) is 4.79 Å². The molecule has 0 saturated carbocycles. The Labute approximate surface area is 93.0 Å². The molecule has 2 rings (SSSR count). The highest BCUT2D eigenvalue weighted by Gasteiger charge is 2.18. The molecule has 0 atom stereocenters. The van der Waals surface area contributed by atoms with Crippen molar-refractivity contribution in [1.82, 2.24) is 15.0 Å². The normalized spacial score (nSPS) is 10.8. The van der Waals surface area contributed by atoms with Crippen LogP contribution in [0.3, 0.4) is 0 Å². The van der Waals surface area contributed by atoms with Crippen molar-refractivity contribution in [2.75, 3.05) is 14.1 Å². The lowest BCUT2D eigenvalue weighted by molar-refractivity contribution is 0.0829. The second-order valence-corrected chi connectivity index (χ2v) is 3.96. The summed E-state index contributed by atoms with van der Waals surface area (Å²) in [6.07, 6.45) is 0. The van der Waals surface area contributed by atoms with Crippen molar-refractivity contribution in [3.8, 4) is 0 Å². The number of hydrogen-bond donors (Lipinski definition) is 0. The highest BCUT2D eigenvalue weighted by molar-refractivity contribution is 6.05. The molecule has 0 aliphatic rings. The van der Waals surface area contributed by atoms with Gasteiger partial charge in [-0.05, 0) is 19.9 Å². The van der Waals surface area contributed by atoms with E-state index in [4.69, 9.17) is 4.52 Å². The van der Waals surface area contributed by atoms with Crippen LogP contribution in [0, 0.1) is 13.8 Å². The minimum atomic E-state index is -0.0678. The molecule has 1 amide bonds. The summed E-state index contributed by atoms with van der Waals surface area (Å²) in [5, 5.41) is 4.53. The molecule has 0 saturated heterocycles. The van der Waals surface area contributed by atoms with E-state index in [0.29, 0.717) is 22.4 Å². The van der Waals surface area contributed by atoms with Gasteiger partial charge in [0.2, 0.25) is 0 Å². The second kappa shape index (κ2) is 3.59. The fraction of sp³-hybridized carbons (Fsp3) is 0.364. The largest absolute Gasteiger partial charge is 0.345 e. The molecule has 0 bridgehead atoms. The number of nitrogens with zero attached hydrogens (tertiary/aromatic N) is 3. The number of aryl methyl sites for hydroxylation is 2. The Bertz CT molecular complexity index is 558. The molecule has 0 aliphatic heterocycles. The topological polar surface area (TPSA) is 59.2 Å². The fourth-order valence-corrected chi connectivity index (χ4v) is 1.63. The Kier molecular flexibility index (Phi) is 2.38. The van der Waals surface area contributed by atoms with E-state index in [1.807, 2.05) is 6.92 Å². The highest BCUT2D eigenvalue weighted by Crippen LogP contribution is 2.22. The van der Waals surface area contributed by atoms with Crippen LogP contribution in [0.5, 0.6) is 0 Å². The van der Waals surface area contributed by atoms with Crippen molar-refractivity contribution in [3.63, 3.8) is 0 Å². The lowest BCUT2D eigenvalue weighted by atomic mass is 10.1. The molecule has 5 heteroatoms. The number of rotatable bonds is 1. The van der Waals surface area contributed by atoms with E-state index in [9.17, 15) is 4.79 Å². The molecule has 0 spiro atoms. The molecule has 5 nitrogen and oxygen atoms in total. The van der Waals surface area contributed by atoms with E-state index in [1.165, 1.54) is 4.90 Å². The molecule has 16 heavy (non-hydrogen) atoms. The first kappa shape index (κ1) is 10.6. The fourth-order valence-electron chi connectivity index (χ4n) is 1.63. The van der Waals surface area contributed by atoms with E-state index in [1.54, 1.807) is 27.1 Å². The number of pyridine rings is 1. The van der Waals surface area contributed by atoms with Crippen molar-refractivity contribution in [1.29, 1.82) is 0 Å². The summed E-state index contributed by atoms with van der Waals surface area (Å²) in [5.41, 5.74) is 2.44. The van der Waals surface area contributed by atoms with Crippen molar-refractivity contribution in [2.45, 2.75) is 13.8 Å². The molecule has 0 aromatic carbocycles. The zero-order valence-electron chi connectivity index (χ0n) is 9.74. The van der Waals surface area contributed by atoms with E-state index < -0.39 is 0 Å². The van der Waals surface area contributed by atoms with Crippen LogP contribution in [-0.2, 0) is 0 Å². The molecule has 2 heterocycles. The van der Waals surface area contributed by atoms with Crippen LogP contribution in [0.1, 0.15) is 21.7 Å². The maximum absolute atomic E-state index is 12.0. The quantitative estimate of drug-likeness (QED) is 0.730. The van der Waals surface area contributed by atoms with Crippen molar-refractivity contribution in [2.24, 2.45) is 0 Å². The lowest BCUT2D eigenvalue weighted by Crippen LogP contribution is -2.22. The third-order valence-electron chi connectivity index (χ3n) is 2.38. The molecule has 0 unspecified atom stereocenters. The van der Waals surface area contributed by atoms with Crippen LogP contribution < -0.4 is 0 Å². The summed E-state index contributed by atoms with van der Waals surface area (Å²) < 4.78 is 5.07. The minimum absolute atomic E-state index is 0.0678. The van der Waals surface area contributed by atoms with E-state index >= 15 is 0 Å². The Hall–Kier alpha value is -1.91. The van der Waals surface area contributed by atoms with Gasteiger partial charge in [-0.1, -0.05) is 5.16 Å². The van der Waals surface area contributed by atoms with Crippen LogP contribution in [0.25, 0.3) is 11.1 Å². The monoisotopic (exact) mass is 219 g/mol. The van der Waals surface area contributed by atoms with Crippen LogP contribution >= 0.6 is 0 Å². The molecular weight excluding hydrogens is 206 g/mol. The Morgan fingerprint density at radius 2 is 2.06 bits per heavy atom. The SMILES string of the molecule is Cc1cc(C(=O)N(C)C)c2c(C)noc2n1. The van der Waals surface area contributed by atoms with Gasteiger partial charge in [0.25, 0.3) is 11.6 Å². The Balaban J connectivity index is 2.76. The summed E-state index contributed by atoms with van der Waals surface area (Å²) in [6.45, 7) is 3.62. The zero-order valence-corrected chi connectivity index (χ0v) is 9.74. The Morgan fingerprint density at radius 3 is 2.69 bits per heavy atom. The molecule has 0 aliphatic carbocycles. The van der Waals surface area contributed by atoms with Gasteiger partial charge in [-0.15, -0.1) is 0 Å². The summed E-state index contributed by atoms with van der Waals surface area (Å²) >= 11 is 0. The van der Waals surface area contributed by atoms with Crippen molar-refractivity contribution >= 4 is 17.0 Å². The van der Waals surface area contributed by atoms with Gasteiger partial charge in [0.1, 0.15) is 0 Å². The van der Waals surface area contributed by atoms with Gasteiger partial charge in [0, 0.05) is 19.8 Å². The maximum Gasteiger partial charge on any atom is 0.258 e. The number of fused-ring (bicyclic) bond motifs is 1. The average Bonchev–Trinajstić information content (AvgIpc) is 2.58. The first-order valence-electron chi connectivity index (χ1n) is 4.96. The smallest absolute Gasteiger partial charge is 0.258 e. The zero-order chi connectivity index (χ0) is 11.9.